The minimum atomic E-state index is -0.547. The van der Waals surface area contributed by atoms with Crippen LogP contribution in [0.5, 0.6) is 11.5 Å². The fraction of sp³-hybridized carbons (Fsp3) is 0.167. The molecule has 2 aromatic carbocycles. The molecule has 8 nitrogen and oxygen atoms in total. The van der Waals surface area contributed by atoms with Crippen LogP contribution in [0.1, 0.15) is 0 Å². The summed E-state index contributed by atoms with van der Waals surface area (Å²) in [5.74, 6) is 0.641. The van der Waals surface area contributed by atoms with E-state index in [1.807, 2.05) is 0 Å². The number of hydrogen-bond donors (Lipinski definition) is 1. The molecule has 0 bridgehead atoms. The zero-order valence-corrected chi connectivity index (χ0v) is 13.9. The van der Waals surface area contributed by atoms with Gasteiger partial charge < -0.3 is 14.8 Å². The van der Waals surface area contributed by atoms with Crippen LogP contribution < -0.4 is 26.0 Å². The minimum Gasteiger partial charge on any atom is -0.454 e. The second-order valence-corrected chi connectivity index (χ2v) is 5.87. The van der Waals surface area contributed by atoms with E-state index in [2.05, 4.69) is 5.32 Å². The molecular formula is C18H15N3O5. The summed E-state index contributed by atoms with van der Waals surface area (Å²) in [6.07, 6.45) is 0. The molecule has 2 heterocycles. The highest BCUT2D eigenvalue weighted by Gasteiger charge is 2.16. The molecule has 0 fully saturated rings. The molecule has 1 N–H and O–H groups in total. The largest absolute Gasteiger partial charge is 0.454 e. The summed E-state index contributed by atoms with van der Waals surface area (Å²) in [6, 6.07) is 11.7. The standard InChI is InChI=1S/C18H15N3O5/c1-20-13-5-3-2-4-12(13)17(23)21(18(20)24)9-16(22)19-11-6-7-14-15(8-11)26-10-25-14/h2-8H,9-10H2,1H3,(H,19,22). The first kappa shape index (κ1) is 15.9. The molecule has 8 heteroatoms. The molecular weight excluding hydrogens is 338 g/mol. The van der Waals surface area contributed by atoms with Gasteiger partial charge in [0.05, 0.1) is 10.9 Å². The lowest BCUT2D eigenvalue weighted by Gasteiger charge is -2.11. The van der Waals surface area contributed by atoms with Crippen molar-refractivity contribution in [2.45, 2.75) is 6.54 Å². The van der Waals surface area contributed by atoms with E-state index in [1.54, 1.807) is 49.5 Å². The number of rotatable bonds is 3. The van der Waals surface area contributed by atoms with E-state index in [1.165, 1.54) is 4.57 Å². The summed E-state index contributed by atoms with van der Waals surface area (Å²) >= 11 is 0. The van der Waals surface area contributed by atoms with Crippen molar-refractivity contribution in [2.24, 2.45) is 7.05 Å². The number of hydrogen-bond acceptors (Lipinski definition) is 5. The number of amides is 1. The Morgan fingerprint density at radius 3 is 2.73 bits per heavy atom. The van der Waals surface area contributed by atoms with Crippen LogP contribution in [0.15, 0.2) is 52.1 Å². The fourth-order valence-electron chi connectivity index (χ4n) is 2.92. The molecule has 1 aliphatic rings. The van der Waals surface area contributed by atoms with Crippen molar-refractivity contribution in [3.05, 3.63) is 63.3 Å². The first-order chi connectivity index (χ1) is 12.5. The van der Waals surface area contributed by atoms with Gasteiger partial charge >= 0.3 is 5.69 Å². The van der Waals surface area contributed by atoms with E-state index >= 15 is 0 Å². The van der Waals surface area contributed by atoms with Crippen molar-refractivity contribution in [1.29, 1.82) is 0 Å². The van der Waals surface area contributed by atoms with Gasteiger partial charge in [0.1, 0.15) is 6.54 Å². The molecule has 1 aromatic heterocycles. The molecule has 3 aromatic rings. The van der Waals surface area contributed by atoms with E-state index in [9.17, 15) is 14.4 Å². The average molecular weight is 353 g/mol. The van der Waals surface area contributed by atoms with Gasteiger partial charge in [-0.1, -0.05) is 12.1 Å². The Morgan fingerprint density at radius 1 is 1.12 bits per heavy atom. The molecule has 0 saturated heterocycles. The lowest BCUT2D eigenvalue weighted by Crippen LogP contribution is -2.41. The summed E-state index contributed by atoms with van der Waals surface area (Å²) in [5.41, 5.74) is -0.0288. The molecule has 0 atom stereocenters. The molecule has 0 aliphatic carbocycles. The summed E-state index contributed by atoms with van der Waals surface area (Å²) in [6.45, 7) is -0.250. The van der Waals surface area contributed by atoms with Crippen molar-refractivity contribution in [1.82, 2.24) is 9.13 Å². The van der Waals surface area contributed by atoms with Crippen molar-refractivity contribution < 1.29 is 14.3 Å². The number of ether oxygens (including phenoxy) is 2. The van der Waals surface area contributed by atoms with Gasteiger partial charge in [-0.2, -0.15) is 0 Å². The Balaban J connectivity index is 1.64. The number of carbonyl (C=O) groups excluding carboxylic acids is 1. The second-order valence-electron chi connectivity index (χ2n) is 5.87. The summed E-state index contributed by atoms with van der Waals surface area (Å²) < 4.78 is 12.7. The number of nitrogens with one attached hydrogen (secondary N) is 1. The molecule has 1 amide bonds. The Morgan fingerprint density at radius 2 is 1.88 bits per heavy atom. The van der Waals surface area contributed by atoms with E-state index in [-0.39, 0.29) is 13.3 Å². The van der Waals surface area contributed by atoms with Gasteiger partial charge in [-0.05, 0) is 24.3 Å². The monoisotopic (exact) mass is 353 g/mol. The van der Waals surface area contributed by atoms with Crippen molar-refractivity contribution in [2.75, 3.05) is 12.1 Å². The molecule has 0 saturated carbocycles. The predicted molar refractivity (Wildman–Crippen MR) is 94.6 cm³/mol. The molecule has 0 unspecified atom stereocenters. The van der Waals surface area contributed by atoms with Gasteiger partial charge in [0.2, 0.25) is 12.7 Å². The van der Waals surface area contributed by atoms with Crippen molar-refractivity contribution in [3.8, 4) is 11.5 Å². The van der Waals surface area contributed by atoms with E-state index < -0.39 is 17.2 Å². The Bertz CT molecular complexity index is 1150. The van der Waals surface area contributed by atoms with Gasteiger partial charge in [0, 0.05) is 18.8 Å². The molecule has 0 spiro atoms. The van der Waals surface area contributed by atoms with Crippen molar-refractivity contribution in [3.63, 3.8) is 0 Å². The highest BCUT2D eigenvalue weighted by molar-refractivity contribution is 5.91. The number of aromatic nitrogens is 2. The smallest absolute Gasteiger partial charge is 0.331 e. The van der Waals surface area contributed by atoms with Crippen LogP contribution in [0.25, 0.3) is 10.9 Å². The summed E-state index contributed by atoms with van der Waals surface area (Å²) in [4.78, 5) is 37.4. The third-order valence-corrected chi connectivity index (χ3v) is 4.22. The fourth-order valence-corrected chi connectivity index (χ4v) is 2.92. The topological polar surface area (TPSA) is 91.6 Å². The second kappa shape index (κ2) is 6.07. The number of anilines is 1. The summed E-state index contributed by atoms with van der Waals surface area (Å²) in [7, 11) is 1.57. The van der Waals surface area contributed by atoms with Crippen LogP contribution in [0.2, 0.25) is 0 Å². The lowest BCUT2D eigenvalue weighted by molar-refractivity contribution is -0.116. The maximum absolute atomic E-state index is 12.6. The van der Waals surface area contributed by atoms with E-state index in [0.29, 0.717) is 28.1 Å². The number of nitrogens with zero attached hydrogens (tertiary/aromatic N) is 2. The first-order valence-electron chi connectivity index (χ1n) is 7.92. The van der Waals surface area contributed by atoms with Crippen LogP contribution in [0, 0.1) is 0 Å². The van der Waals surface area contributed by atoms with Gasteiger partial charge in [0.25, 0.3) is 5.56 Å². The molecule has 0 radical (unpaired) electrons. The third-order valence-electron chi connectivity index (χ3n) is 4.22. The van der Waals surface area contributed by atoms with Gasteiger partial charge in [-0.25, -0.2) is 4.79 Å². The highest BCUT2D eigenvalue weighted by atomic mass is 16.7. The number of para-hydroxylation sites is 1. The molecule has 26 heavy (non-hydrogen) atoms. The number of carbonyl (C=O) groups is 1. The van der Waals surface area contributed by atoms with Crippen molar-refractivity contribution >= 4 is 22.5 Å². The predicted octanol–water partition coefficient (Wildman–Crippen LogP) is 1.07. The first-order valence-corrected chi connectivity index (χ1v) is 7.92. The maximum atomic E-state index is 12.6. The van der Waals surface area contributed by atoms with Crippen LogP contribution in [-0.4, -0.2) is 21.8 Å². The molecule has 1 aliphatic heterocycles. The van der Waals surface area contributed by atoms with Crippen LogP contribution in [0.3, 0.4) is 0 Å². The highest BCUT2D eigenvalue weighted by Crippen LogP contribution is 2.34. The Labute approximate surface area is 147 Å². The van der Waals surface area contributed by atoms with Gasteiger partial charge in [-0.15, -0.1) is 0 Å². The SMILES string of the molecule is Cn1c(=O)n(CC(=O)Nc2ccc3c(c2)OCO3)c(=O)c2ccccc21. The van der Waals surface area contributed by atoms with E-state index in [4.69, 9.17) is 9.47 Å². The third kappa shape index (κ3) is 2.61. The zero-order valence-electron chi connectivity index (χ0n) is 13.9. The van der Waals surface area contributed by atoms with Gasteiger partial charge in [0.15, 0.2) is 11.5 Å². The number of benzene rings is 2. The van der Waals surface area contributed by atoms with E-state index in [0.717, 1.165) is 4.57 Å². The molecule has 4 rings (SSSR count). The quantitative estimate of drug-likeness (QED) is 0.760. The summed E-state index contributed by atoms with van der Waals surface area (Å²) in [5, 5.41) is 3.04. The number of fused-ring (bicyclic) bond motifs is 2. The lowest BCUT2D eigenvalue weighted by atomic mass is 10.2. The number of aryl methyl sites for hydroxylation is 1. The average Bonchev–Trinajstić information content (AvgIpc) is 3.11. The minimum absolute atomic E-state index is 0.134. The van der Waals surface area contributed by atoms with Gasteiger partial charge in [-0.3, -0.25) is 18.7 Å². The van der Waals surface area contributed by atoms with Crippen LogP contribution >= 0.6 is 0 Å². The van der Waals surface area contributed by atoms with Crippen LogP contribution in [-0.2, 0) is 18.4 Å². The van der Waals surface area contributed by atoms with Crippen LogP contribution in [0.4, 0.5) is 5.69 Å². The zero-order chi connectivity index (χ0) is 18.3. The Kier molecular flexibility index (Phi) is 3.72. The maximum Gasteiger partial charge on any atom is 0.331 e. The Hall–Kier alpha value is -3.55. The normalized spacial score (nSPS) is 12.3. The molecule has 132 valence electrons.